The van der Waals surface area contributed by atoms with Crippen LogP contribution in [0.4, 0.5) is 5.82 Å². The van der Waals surface area contributed by atoms with Gasteiger partial charge in [-0.05, 0) is 31.2 Å². The molecule has 3 heterocycles. The van der Waals surface area contributed by atoms with Gasteiger partial charge in [-0.3, -0.25) is 9.89 Å². The largest absolute Gasteiger partial charge is 0.459 e. The van der Waals surface area contributed by atoms with Crippen molar-refractivity contribution in [2.75, 3.05) is 5.32 Å². The number of nitrogens with zero attached hydrogens (tertiary/aromatic N) is 3. The number of aromatic nitrogens is 4. The average molecular weight is 299 g/mol. The number of furan rings is 1. The number of anilines is 1. The lowest BCUT2D eigenvalue weighted by Crippen LogP contribution is -2.13. The minimum atomic E-state index is -0.236. The molecule has 0 fully saturated rings. The third kappa shape index (κ3) is 1.78. The molecule has 4 rings (SSSR count). The number of hydrogen-bond acceptors (Lipinski definition) is 4. The van der Waals surface area contributed by atoms with Crippen LogP contribution in [0.15, 0.2) is 10.7 Å². The van der Waals surface area contributed by atoms with Crippen LogP contribution >= 0.6 is 0 Å². The number of hydrogen-bond donors (Lipinski definition) is 2. The summed E-state index contributed by atoms with van der Waals surface area (Å²) in [6.45, 7) is 2.03. The Morgan fingerprint density at radius 3 is 3.18 bits per heavy atom. The quantitative estimate of drug-likeness (QED) is 0.776. The third-order valence-electron chi connectivity index (χ3n) is 4.25. The van der Waals surface area contributed by atoms with E-state index < -0.39 is 0 Å². The van der Waals surface area contributed by atoms with Gasteiger partial charge in [-0.1, -0.05) is 6.92 Å². The summed E-state index contributed by atoms with van der Waals surface area (Å²) < 4.78 is 7.17. The van der Waals surface area contributed by atoms with Gasteiger partial charge in [0.2, 0.25) is 0 Å². The Hall–Kier alpha value is -2.57. The molecule has 114 valence electrons. The third-order valence-corrected chi connectivity index (χ3v) is 4.25. The molecule has 1 aliphatic carbocycles. The molecule has 3 aromatic rings. The minimum absolute atomic E-state index is 0.236. The highest BCUT2D eigenvalue weighted by Crippen LogP contribution is 2.29. The van der Waals surface area contributed by atoms with Crippen LogP contribution < -0.4 is 5.32 Å². The number of aromatic amines is 1. The molecule has 2 N–H and O–H groups in total. The lowest BCUT2D eigenvalue weighted by atomic mass is 10.2. The van der Waals surface area contributed by atoms with Gasteiger partial charge < -0.3 is 9.73 Å². The first-order valence-electron chi connectivity index (χ1n) is 7.49. The monoisotopic (exact) mass is 299 g/mol. The molecule has 0 spiro atoms. The minimum Gasteiger partial charge on any atom is -0.459 e. The average Bonchev–Trinajstić information content (AvgIpc) is 3.21. The summed E-state index contributed by atoms with van der Waals surface area (Å²) in [6, 6.07) is 0. The molecule has 1 amide bonds. The zero-order chi connectivity index (χ0) is 15.3. The molecule has 1 aliphatic rings. The maximum absolute atomic E-state index is 12.5. The van der Waals surface area contributed by atoms with Gasteiger partial charge >= 0.3 is 0 Å². The van der Waals surface area contributed by atoms with Crippen molar-refractivity contribution in [3.63, 3.8) is 0 Å². The SMILES string of the molecule is CCc1nn(C)c2n[nH]c(NC(=O)c3occ4c3CCC4)c12. The molecule has 0 radical (unpaired) electrons. The topological polar surface area (TPSA) is 88.7 Å². The Labute approximate surface area is 126 Å². The first-order valence-corrected chi connectivity index (χ1v) is 7.49. The summed E-state index contributed by atoms with van der Waals surface area (Å²) in [4.78, 5) is 12.5. The Morgan fingerprint density at radius 1 is 1.50 bits per heavy atom. The van der Waals surface area contributed by atoms with E-state index in [9.17, 15) is 4.79 Å². The lowest BCUT2D eigenvalue weighted by Gasteiger charge is -2.02. The zero-order valence-electron chi connectivity index (χ0n) is 12.6. The zero-order valence-corrected chi connectivity index (χ0v) is 12.6. The van der Waals surface area contributed by atoms with Gasteiger partial charge in [-0.15, -0.1) is 0 Å². The van der Waals surface area contributed by atoms with Crippen LogP contribution in [-0.4, -0.2) is 25.9 Å². The highest BCUT2D eigenvalue weighted by Gasteiger charge is 2.25. The Bertz CT molecular complexity index is 870. The van der Waals surface area contributed by atoms with Crippen LogP contribution in [0.5, 0.6) is 0 Å². The van der Waals surface area contributed by atoms with Gasteiger partial charge in [0, 0.05) is 12.6 Å². The van der Waals surface area contributed by atoms with E-state index >= 15 is 0 Å². The van der Waals surface area contributed by atoms with Crippen molar-refractivity contribution in [1.29, 1.82) is 0 Å². The van der Waals surface area contributed by atoms with Crippen molar-refractivity contribution in [1.82, 2.24) is 20.0 Å². The van der Waals surface area contributed by atoms with Gasteiger partial charge in [0.05, 0.1) is 17.3 Å². The second kappa shape index (κ2) is 4.72. The second-order valence-corrected chi connectivity index (χ2v) is 5.60. The molecule has 0 bridgehead atoms. The van der Waals surface area contributed by atoms with Gasteiger partial charge in [0.25, 0.3) is 5.91 Å². The van der Waals surface area contributed by atoms with Crippen molar-refractivity contribution in [3.05, 3.63) is 28.8 Å². The predicted octanol–water partition coefficient (Wildman–Crippen LogP) is 2.19. The molecule has 0 unspecified atom stereocenters. The highest BCUT2D eigenvalue weighted by atomic mass is 16.3. The number of amides is 1. The van der Waals surface area contributed by atoms with Crippen molar-refractivity contribution in [2.24, 2.45) is 7.05 Å². The van der Waals surface area contributed by atoms with Gasteiger partial charge in [0.1, 0.15) is 5.82 Å². The van der Waals surface area contributed by atoms with Crippen LogP contribution in [-0.2, 0) is 26.3 Å². The summed E-state index contributed by atoms with van der Waals surface area (Å²) in [5.41, 5.74) is 3.83. The van der Waals surface area contributed by atoms with Crippen LogP contribution in [0.3, 0.4) is 0 Å². The number of nitrogens with one attached hydrogen (secondary N) is 2. The summed E-state index contributed by atoms with van der Waals surface area (Å²) in [5.74, 6) is 0.755. The standard InChI is InChI=1S/C15H17N5O2/c1-3-10-11-13(17-18-14(11)20(2)19-10)16-15(21)12-9-6-4-5-8(9)7-22-12/h7H,3-6H2,1-2H3,(H2,16,17,18,21). The van der Waals surface area contributed by atoms with E-state index in [2.05, 4.69) is 20.6 Å². The van der Waals surface area contributed by atoms with E-state index in [0.717, 1.165) is 53.5 Å². The molecule has 7 heteroatoms. The molecular formula is C15H17N5O2. The number of carbonyl (C=O) groups excluding carboxylic acids is 1. The highest BCUT2D eigenvalue weighted by molar-refractivity contribution is 6.07. The first kappa shape index (κ1) is 13.1. The van der Waals surface area contributed by atoms with Crippen LogP contribution in [0.25, 0.3) is 11.0 Å². The van der Waals surface area contributed by atoms with Crippen LogP contribution in [0.1, 0.15) is 40.7 Å². The number of rotatable bonds is 3. The number of fused-ring (bicyclic) bond motifs is 2. The fourth-order valence-electron chi connectivity index (χ4n) is 3.17. The molecule has 0 saturated carbocycles. The molecule has 3 aromatic heterocycles. The summed E-state index contributed by atoms with van der Waals surface area (Å²) in [5, 5.41) is 15.3. The maximum atomic E-state index is 12.5. The molecule has 0 saturated heterocycles. The normalized spacial score (nSPS) is 13.7. The number of carbonyl (C=O) groups is 1. The van der Waals surface area contributed by atoms with Gasteiger partial charge in [0.15, 0.2) is 11.4 Å². The lowest BCUT2D eigenvalue weighted by molar-refractivity contribution is 0.0995. The van der Waals surface area contributed by atoms with E-state index in [1.54, 1.807) is 10.9 Å². The Morgan fingerprint density at radius 2 is 2.36 bits per heavy atom. The summed E-state index contributed by atoms with van der Waals surface area (Å²) >= 11 is 0. The molecular weight excluding hydrogens is 282 g/mol. The molecule has 0 aromatic carbocycles. The van der Waals surface area contributed by atoms with Gasteiger partial charge in [-0.25, -0.2) is 4.68 Å². The molecule has 22 heavy (non-hydrogen) atoms. The van der Waals surface area contributed by atoms with Gasteiger partial charge in [-0.2, -0.15) is 10.2 Å². The fraction of sp³-hybridized carbons (Fsp3) is 0.400. The van der Waals surface area contributed by atoms with E-state index in [0.29, 0.717) is 11.6 Å². The Balaban J connectivity index is 1.70. The number of H-pyrrole nitrogens is 1. The van der Waals surface area contributed by atoms with E-state index in [1.165, 1.54) is 0 Å². The van der Waals surface area contributed by atoms with Crippen LogP contribution in [0.2, 0.25) is 0 Å². The molecule has 7 nitrogen and oxygen atoms in total. The van der Waals surface area contributed by atoms with Crippen LogP contribution in [0, 0.1) is 0 Å². The second-order valence-electron chi connectivity index (χ2n) is 5.60. The van der Waals surface area contributed by atoms with Crippen molar-refractivity contribution >= 4 is 22.8 Å². The van der Waals surface area contributed by atoms with E-state index in [1.807, 2.05) is 14.0 Å². The summed E-state index contributed by atoms with van der Waals surface area (Å²) in [7, 11) is 1.84. The smallest absolute Gasteiger partial charge is 0.292 e. The maximum Gasteiger partial charge on any atom is 0.292 e. The van der Waals surface area contributed by atoms with Crippen molar-refractivity contribution in [3.8, 4) is 0 Å². The fourth-order valence-corrected chi connectivity index (χ4v) is 3.17. The molecule has 0 aliphatic heterocycles. The van der Waals surface area contributed by atoms with E-state index in [4.69, 9.17) is 4.42 Å². The summed E-state index contributed by atoms with van der Waals surface area (Å²) in [6.07, 6.45) is 5.44. The predicted molar refractivity (Wildman–Crippen MR) is 80.9 cm³/mol. The van der Waals surface area contributed by atoms with E-state index in [-0.39, 0.29) is 5.91 Å². The van der Waals surface area contributed by atoms with Crippen molar-refractivity contribution < 1.29 is 9.21 Å². The first-order chi connectivity index (χ1) is 10.7. The number of aryl methyl sites for hydroxylation is 3. The van der Waals surface area contributed by atoms with Crippen molar-refractivity contribution in [2.45, 2.75) is 32.6 Å². The Kier molecular flexibility index (Phi) is 2.82. The molecule has 0 atom stereocenters.